The Morgan fingerprint density at radius 2 is 2.00 bits per heavy atom. The summed E-state index contributed by atoms with van der Waals surface area (Å²) < 4.78 is 12.2. The van der Waals surface area contributed by atoms with E-state index < -0.39 is 6.04 Å². The van der Waals surface area contributed by atoms with E-state index in [1.807, 2.05) is 42.1 Å². The summed E-state index contributed by atoms with van der Waals surface area (Å²) in [5.74, 6) is -0.470. The Hall–Kier alpha value is -2.34. The Labute approximate surface area is 140 Å². The number of aromatic nitrogens is 1. The van der Waals surface area contributed by atoms with Crippen molar-refractivity contribution in [3.63, 3.8) is 0 Å². The molecule has 0 radical (unpaired) electrons. The van der Waals surface area contributed by atoms with Gasteiger partial charge in [-0.2, -0.15) is 0 Å². The molecule has 6 nitrogen and oxygen atoms in total. The largest absolute Gasteiger partial charge is 0.467 e. The third-order valence-electron chi connectivity index (χ3n) is 4.71. The smallest absolute Gasteiger partial charge is 0.328 e. The van der Waals surface area contributed by atoms with Crippen molar-refractivity contribution in [2.24, 2.45) is 7.05 Å². The van der Waals surface area contributed by atoms with Crippen molar-refractivity contribution in [3.8, 4) is 0 Å². The minimum absolute atomic E-state index is 0.0821. The van der Waals surface area contributed by atoms with Gasteiger partial charge in [-0.15, -0.1) is 0 Å². The van der Waals surface area contributed by atoms with Gasteiger partial charge >= 0.3 is 5.97 Å². The van der Waals surface area contributed by atoms with E-state index in [4.69, 9.17) is 9.47 Å². The SMILES string of the molecule is COC(=O)[C@@H]1C[C@H](OC)CN1C(=O)Cc1cn(C)c2ccccc12. The van der Waals surface area contributed by atoms with Crippen LogP contribution >= 0.6 is 0 Å². The number of benzene rings is 1. The van der Waals surface area contributed by atoms with Gasteiger partial charge in [0.05, 0.1) is 19.6 Å². The second-order valence-corrected chi connectivity index (χ2v) is 6.14. The Balaban J connectivity index is 1.83. The summed E-state index contributed by atoms with van der Waals surface area (Å²) in [4.78, 5) is 26.4. The van der Waals surface area contributed by atoms with Crippen molar-refractivity contribution in [2.45, 2.75) is 25.0 Å². The average molecular weight is 330 g/mol. The first-order valence-corrected chi connectivity index (χ1v) is 7.98. The molecule has 128 valence electrons. The lowest BCUT2D eigenvalue weighted by atomic mass is 10.1. The third kappa shape index (κ3) is 2.89. The van der Waals surface area contributed by atoms with Crippen LogP contribution in [0.4, 0.5) is 0 Å². The molecule has 0 bridgehead atoms. The molecule has 0 unspecified atom stereocenters. The van der Waals surface area contributed by atoms with E-state index in [0.29, 0.717) is 13.0 Å². The van der Waals surface area contributed by atoms with Crippen LogP contribution < -0.4 is 0 Å². The van der Waals surface area contributed by atoms with Gasteiger partial charge in [0.1, 0.15) is 6.04 Å². The number of esters is 1. The normalized spacial score (nSPS) is 20.5. The quantitative estimate of drug-likeness (QED) is 0.797. The molecule has 2 aromatic rings. The molecular formula is C18H22N2O4. The summed E-state index contributed by atoms with van der Waals surface area (Å²) in [7, 11) is 4.90. The van der Waals surface area contributed by atoms with Crippen molar-refractivity contribution in [1.82, 2.24) is 9.47 Å². The molecule has 0 saturated carbocycles. The highest BCUT2D eigenvalue weighted by Crippen LogP contribution is 2.25. The lowest BCUT2D eigenvalue weighted by Crippen LogP contribution is -2.42. The zero-order chi connectivity index (χ0) is 17.3. The molecule has 1 aromatic carbocycles. The zero-order valence-electron chi connectivity index (χ0n) is 14.2. The van der Waals surface area contributed by atoms with Crippen LogP contribution in [-0.4, -0.2) is 54.3 Å². The predicted molar refractivity (Wildman–Crippen MR) is 89.6 cm³/mol. The summed E-state index contributed by atoms with van der Waals surface area (Å²) in [5.41, 5.74) is 2.04. The fraction of sp³-hybridized carbons (Fsp3) is 0.444. The molecule has 1 amide bonds. The van der Waals surface area contributed by atoms with E-state index in [2.05, 4.69) is 0 Å². The number of aryl methyl sites for hydroxylation is 1. The molecule has 1 aromatic heterocycles. The van der Waals surface area contributed by atoms with E-state index in [1.165, 1.54) is 7.11 Å². The molecule has 6 heteroatoms. The molecule has 1 aliphatic heterocycles. The Morgan fingerprint density at radius 1 is 1.25 bits per heavy atom. The van der Waals surface area contributed by atoms with Gasteiger partial charge in [0, 0.05) is 44.2 Å². The van der Waals surface area contributed by atoms with E-state index in [-0.39, 0.29) is 24.4 Å². The number of carbonyl (C=O) groups excluding carboxylic acids is 2. The third-order valence-corrected chi connectivity index (χ3v) is 4.71. The summed E-state index contributed by atoms with van der Waals surface area (Å²) in [6.45, 7) is 0.417. The molecule has 0 aliphatic carbocycles. The Bertz CT molecular complexity index is 767. The molecule has 1 fully saturated rings. The molecule has 0 N–H and O–H groups in total. The maximum absolute atomic E-state index is 12.8. The summed E-state index contributed by atoms with van der Waals surface area (Å²) in [6, 6.07) is 7.41. The number of hydrogen-bond donors (Lipinski definition) is 0. The van der Waals surface area contributed by atoms with Gasteiger partial charge in [-0.05, 0) is 11.6 Å². The topological polar surface area (TPSA) is 60.8 Å². The van der Waals surface area contributed by atoms with Crippen LogP contribution in [0.1, 0.15) is 12.0 Å². The Kier molecular flexibility index (Phi) is 4.57. The van der Waals surface area contributed by atoms with E-state index in [9.17, 15) is 9.59 Å². The number of carbonyl (C=O) groups is 2. The number of likely N-dealkylation sites (tertiary alicyclic amines) is 1. The van der Waals surface area contributed by atoms with Crippen molar-refractivity contribution in [3.05, 3.63) is 36.0 Å². The summed E-state index contributed by atoms with van der Waals surface area (Å²) in [5, 5.41) is 1.06. The van der Waals surface area contributed by atoms with Crippen LogP contribution in [0.5, 0.6) is 0 Å². The van der Waals surface area contributed by atoms with Gasteiger partial charge < -0.3 is 18.9 Å². The van der Waals surface area contributed by atoms with Crippen molar-refractivity contribution < 1.29 is 19.1 Å². The lowest BCUT2D eigenvalue weighted by molar-refractivity contribution is -0.150. The molecule has 3 rings (SSSR count). The van der Waals surface area contributed by atoms with Crippen molar-refractivity contribution in [2.75, 3.05) is 20.8 Å². The van der Waals surface area contributed by atoms with Gasteiger partial charge in [0.15, 0.2) is 0 Å². The van der Waals surface area contributed by atoms with Crippen LogP contribution in [0.3, 0.4) is 0 Å². The van der Waals surface area contributed by atoms with E-state index >= 15 is 0 Å². The van der Waals surface area contributed by atoms with Gasteiger partial charge in [-0.1, -0.05) is 18.2 Å². The molecule has 1 saturated heterocycles. The molecule has 2 heterocycles. The number of fused-ring (bicyclic) bond motifs is 1. The highest BCUT2D eigenvalue weighted by Gasteiger charge is 2.40. The molecule has 1 aliphatic rings. The fourth-order valence-electron chi connectivity index (χ4n) is 3.43. The van der Waals surface area contributed by atoms with Gasteiger partial charge in [0.25, 0.3) is 0 Å². The first-order valence-electron chi connectivity index (χ1n) is 7.98. The number of methoxy groups -OCH3 is 2. The first kappa shape index (κ1) is 16.5. The van der Waals surface area contributed by atoms with Crippen LogP contribution in [0, 0.1) is 0 Å². The molecule has 0 spiro atoms. The molecule has 2 atom stereocenters. The zero-order valence-corrected chi connectivity index (χ0v) is 14.2. The lowest BCUT2D eigenvalue weighted by Gasteiger charge is -2.22. The fourth-order valence-corrected chi connectivity index (χ4v) is 3.43. The highest BCUT2D eigenvalue weighted by atomic mass is 16.5. The van der Waals surface area contributed by atoms with Crippen molar-refractivity contribution >= 4 is 22.8 Å². The van der Waals surface area contributed by atoms with Crippen LogP contribution in [0.25, 0.3) is 10.9 Å². The summed E-state index contributed by atoms with van der Waals surface area (Å²) >= 11 is 0. The van der Waals surface area contributed by atoms with Crippen molar-refractivity contribution in [1.29, 1.82) is 0 Å². The van der Waals surface area contributed by atoms with Gasteiger partial charge in [0.2, 0.25) is 5.91 Å². The van der Waals surface area contributed by atoms with E-state index in [1.54, 1.807) is 12.0 Å². The van der Waals surface area contributed by atoms with Crippen LogP contribution in [-0.2, 0) is 32.5 Å². The second-order valence-electron chi connectivity index (χ2n) is 6.14. The predicted octanol–water partition coefficient (Wildman–Crippen LogP) is 1.51. The highest BCUT2D eigenvalue weighted by molar-refractivity contribution is 5.91. The van der Waals surface area contributed by atoms with E-state index in [0.717, 1.165) is 16.5 Å². The standard InChI is InChI=1S/C18H22N2O4/c1-19-10-12(14-6-4-5-7-15(14)19)8-17(21)20-11-13(23-2)9-16(20)18(22)24-3/h4-7,10,13,16H,8-9,11H2,1-3H3/t13-,16-/m0/s1. The number of hydrogen-bond acceptors (Lipinski definition) is 4. The van der Waals surface area contributed by atoms with Gasteiger partial charge in [-0.25, -0.2) is 4.79 Å². The maximum Gasteiger partial charge on any atom is 0.328 e. The Morgan fingerprint density at radius 3 is 2.71 bits per heavy atom. The number of amides is 1. The van der Waals surface area contributed by atoms with Crippen LogP contribution in [0.2, 0.25) is 0 Å². The number of nitrogens with zero attached hydrogens (tertiary/aromatic N) is 2. The minimum atomic E-state index is -0.567. The average Bonchev–Trinajstić information content (AvgIpc) is 3.17. The molecular weight excluding hydrogens is 308 g/mol. The first-order chi connectivity index (χ1) is 11.5. The monoisotopic (exact) mass is 330 g/mol. The second kappa shape index (κ2) is 6.65. The molecule has 24 heavy (non-hydrogen) atoms. The van der Waals surface area contributed by atoms with Gasteiger partial charge in [-0.3, -0.25) is 4.79 Å². The summed E-state index contributed by atoms with van der Waals surface area (Å²) in [6.07, 6.45) is 2.57. The van der Waals surface area contributed by atoms with Crippen LogP contribution in [0.15, 0.2) is 30.5 Å². The number of rotatable bonds is 4. The number of ether oxygens (including phenoxy) is 2. The maximum atomic E-state index is 12.8. The minimum Gasteiger partial charge on any atom is -0.467 e. The number of para-hydroxylation sites is 1.